The first-order chi connectivity index (χ1) is 9.67. The third kappa shape index (κ3) is 4.71. The van der Waals surface area contributed by atoms with Crippen LogP contribution < -0.4 is 10.1 Å². The average Bonchev–Trinajstić information content (AvgIpc) is 2.41. The van der Waals surface area contributed by atoms with E-state index in [1.807, 2.05) is 26.0 Å². The van der Waals surface area contributed by atoms with Crippen LogP contribution in [0.15, 0.2) is 24.3 Å². The Hall–Kier alpha value is -1.22. The van der Waals surface area contributed by atoms with Crippen LogP contribution in [0, 0.1) is 0 Å². The molecule has 1 aromatic rings. The molecule has 2 unspecified atom stereocenters. The van der Waals surface area contributed by atoms with Gasteiger partial charge < -0.3 is 14.8 Å². The van der Waals surface area contributed by atoms with Crippen molar-refractivity contribution >= 4 is 5.69 Å². The lowest BCUT2D eigenvalue weighted by atomic mass is 10.00. The second-order valence-electron chi connectivity index (χ2n) is 5.84. The Morgan fingerprint density at radius 2 is 2.05 bits per heavy atom. The quantitative estimate of drug-likeness (QED) is 0.844. The molecule has 2 rings (SSSR count). The van der Waals surface area contributed by atoms with Gasteiger partial charge in [0, 0.05) is 18.3 Å². The van der Waals surface area contributed by atoms with Crippen molar-refractivity contribution in [1.29, 1.82) is 0 Å². The van der Waals surface area contributed by atoms with Crippen LogP contribution in [0.25, 0.3) is 0 Å². The van der Waals surface area contributed by atoms with Gasteiger partial charge in [0.05, 0.1) is 12.2 Å². The van der Waals surface area contributed by atoms with E-state index in [0.717, 1.165) is 25.2 Å². The molecule has 1 aliphatic heterocycles. The van der Waals surface area contributed by atoms with Crippen molar-refractivity contribution in [2.75, 3.05) is 11.9 Å². The van der Waals surface area contributed by atoms with E-state index >= 15 is 0 Å². The summed E-state index contributed by atoms with van der Waals surface area (Å²) in [6, 6.07) is 8.79. The molecule has 1 aromatic carbocycles. The second kappa shape index (κ2) is 7.53. The van der Waals surface area contributed by atoms with Crippen LogP contribution in [0.4, 0.5) is 5.69 Å². The van der Waals surface area contributed by atoms with Crippen molar-refractivity contribution in [2.24, 2.45) is 0 Å². The fourth-order valence-corrected chi connectivity index (χ4v) is 2.67. The van der Waals surface area contributed by atoms with E-state index in [0.29, 0.717) is 12.1 Å². The zero-order chi connectivity index (χ0) is 14.4. The van der Waals surface area contributed by atoms with Crippen LogP contribution in [0.3, 0.4) is 0 Å². The van der Waals surface area contributed by atoms with E-state index in [9.17, 15) is 0 Å². The number of anilines is 1. The number of hydrogen-bond acceptors (Lipinski definition) is 3. The zero-order valence-electron chi connectivity index (χ0n) is 12.9. The molecule has 0 aromatic heterocycles. The van der Waals surface area contributed by atoms with Crippen LogP contribution >= 0.6 is 0 Å². The van der Waals surface area contributed by atoms with Gasteiger partial charge in [-0.05, 0) is 57.4 Å². The summed E-state index contributed by atoms with van der Waals surface area (Å²) in [6.07, 6.45) is 5.20. The first kappa shape index (κ1) is 15.2. The summed E-state index contributed by atoms with van der Waals surface area (Å²) in [5, 5.41) is 3.61. The standard InChI is InChI=1S/C17H27NO2/c1-4-5-17-12-15(10-11-19-17)18-14-6-8-16(9-7-14)20-13(2)3/h6-9,13,15,17-18H,4-5,10-12H2,1-3H3. The maximum Gasteiger partial charge on any atom is 0.119 e. The molecule has 0 amide bonds. The maximum absolute atomic E-state index is 5.79. The highest BCUT2D eigenvalue weighted by Crippen LogP contribution is 2.23. The largest absolute Gasteiger partial charge is 0.491 e. The van der Waals surface area contributed by atoms with E-state index in [-0.39, 0.29) is 6.10 Å². The van der Waals surface area contributed by atoms with Gasteiger partial charge in [-0.25, -0.2) is 0 Å². The van der Waals surface area contributed by atoms with Gasteiger partial charge in [-0.3, -0.25) is 0 Å². The molecule has 3 nitrogen and oxygen atoms in total. The predicted molar refractivity (Wildman–Crippen MR) is 83.5 cm³/mol. The zero-order valence-corrected chi connectivity index (χ0v) is 12.9. The van der Waals surface area contributed by atoms with Crippen molar-refractivity contribution in [3.8, 4) is 5.75 Å². The minimum absolute atomic E-state index is 0.221. The van der Waals surface area contributed by atoms with Crippen molar-refractivity contribution in [3.63, 3.8) is 0 Å². The third-order valence-corrected chi connectivity index (χ3v) is 3.57. The topological polar surface area (TPSA) is 30.5 Å². The minimum Gasteiger partial charge on any atom is -0.491 e. The summed E-state index contributed by atoms with van der Waals surface area (Å²) < 4.78 is 11.4. The molecule has 1 heterocycles. The fourth-order valence-electron chi connectivity index (χ4n) is 2.67. The highest BCUT2D eigenvalue weighted by atomic mass is 16.5. The average molecular weight is 277 g/mol. The van der Waals surface area contributed by atoms with Gasteiger partial charge in [-0.15, -0.1) is 0 Å². The summed E-state index contributed by atoms with van der Waals surface area (Å²) in [4.78, 5) is 0. The molecular weight excluding hydrogens is 250 g/mol. The van der Waals surface area contributed by atoms with Crippen molar-refractivity contribution in [2.45, 2.75) is 64.7 Å². The van der Waals surface area contributed by atoms with Gasteiger partial charge in [0.25, 0.3) is 0 Å². The molecule has 1 fully saturated rings. The van der Waals surface area contributed by atoms with E-state index in [1.165, 1.54) is 18.5 Å². The lowest BCUT2D eigenvalue weighted by Crippen LogP contribution is -2.33. The third-order valence-electron chi connectivity index (χ3n) is 3.57. The highest BCUT2D eigenvalue weighted by molar-refractivity contribution is 5.47. The van der Waals surface area contributed by atoms with Crippen molar-refractivity contribution in [3.05, 3.63) is 24.3 Å². The summed E-state index contributed by atoms with van der Waals surface area (Å²) in [7, 11) is 0. The van der Waals surface area contributed by atoms with Crippen LogP contribution in [-0.2, 0) is 4.74 Å². The van der Waals surface area contributed by atoms with Crippen molar-refractivity contribution < 1.29 is 9.47 Å². The van der Waals surface area contributed by atoms with Gasteiger partial charge in [0.15, 0.2) is 0 Å². The summed E-state index contributed by atoms with van der Waals surface area (Å²) in [6.45, 7) is 7.18. The smallest absolute Gasteiger partial charge is 0.119 e. The molecular formula is C17H27NO2. The van der Waals surface area contributed by atoms with Crippen LogP contribution in [0.5, 0.6) is 5.75 Å². The van der Waals surface area contributed by atoms with E-state index in [4.69, 9.17) is 9.47 Å². The van der Waals surface area contributed by atoms with Gasteiger partial charge in [-0.2, -0.15) is 0 Å². The van der Waals surface area contributed by atoms with Gasteiger partial charge in [0.2, 0.25) is 0 Å². The Bertz CT molecular complexity index is 386. The monoisotopic (exact) mass is 277 g/mol. The molecule has 0 bridgehead atoms. The molecule has 112 valence electrons. The van der Waals surface area contributed by atoms with Crippen LogP contribution in [0.2, 0.25) is 0 Å². The second-order valence-corrected chi connectivity index (χ2v) is 5.84. The molecule has 0 spiro atoms. The normalized spacial score (nSPS) is 22.8. The highest BCUT2D eigenvalue weighted by Gasteiger charge is 2.21. The van der Waals surface area contributed by atoms with Crippen LogP contribution in [0.1, 0.15) is 46.5 Å². The Balaban J connectivity index is 1.86. The lowest BCUT2D eigenvalue weighted by molar-refractivity contribution is 0.00598. The molecule has 1 N–H and O–H groups in total. The molecule has 0 saturated carbocycles. The predicted octanol–water partition coefficient (Wildman–Crippen LogP) is 4.23. The summed E-state index contributed by atoms with van der Waals surface area (Å²) >= 11 is 0. The lowest BCUT2D eigenvalue weighted by Gasteiger charge is -2.30. The molecule has 3 heteroatoms. The Morgan fingerprint density at radius 1 is 1.30 bits per heavy atom. The number of benzene rings is 1. The van der Waals surface area contributed by atoms with Gasteiger partial charge >= 0.3 is 0 Å². The molecule has 1 saturated heterocycles. The van der Waals surface area contributed by atoms with Gasteiger partial charge in [0.1, 0.15) is 5.75 Å². The SMILES string of the molecule is CCCC1CC(Nc2ccc(OC(C)C)cc2)CCO1. The van der Waals surface area contributed by atoms with E-state index < -0.39 is 0 Å². The molecule has 2 atom stereocenters. The number of rotatable bonds is 6. The Kier molecular flexibility index (Phi) is 5.72. The fraction of sp³-hybridized carbons (Fsp3) is 0.647. The molecule has 0 radical (unpaired) electrons. The van der Waals surface area contributed by atoms with Crippen molar-refractivity contribution in [1.82, 2.24) is 0 Å². The number of nitrogens with one attached hydrogen (secondary N) is 1. The summed E-state index contributed by atoms with van der Waals surface area (Å²) in [5.74, 6) is 0.932. The molecule has 0 aliphatic carbocycles. The number of hydrogen-bond donors (Lipinski definition) is 1. The first-order valence-corrected chi connectivity index (χ1v) is 7.82. The van der Waals surface area contributed by atoms with Gasteiger partial charge in [-0.1, -0.05) is 13.3 Å². The Morgan fingerprint density at radius 3 is 2.70 bits per heavy atom. The maximum atomic E-state index is 5.79. The minimum atomic E-state index is 0.221. The van der Waals surface area contributed by atoms with E-state index in [1.54, 1.807) is 0 Å². The van der Waals surface area contributed by atoms with Crippen LogP contribution in [-0.4, -0.2) is 24.9 Å². The molecule has 20 heavy (non-hydrogen) atoms. The van der Waals surface area contributed by atoms with E-state index in [2.05, 4.69) is 24.4 Å². The molecule has 1 aliphatic rings. The summed E-state index contributed by atoms with van der Waals surface area (Å²) in [5.41, 5.74) is 1.17. The first-order valence-electron chi connectivity index (χ1n) is 7.82. The number of ether oxygens (including phenoxy) is 2. The Labute approximate surface area is 122 Å².